The highest BCUT2D eigenvalue weighted by molar-refractivity contribution is 5.93. The van der Waals surface area contributed by atoms with Crippen LogP contribution in [-0.4, -0.2) is 34.5 Å². The minimum atomic E-state index is -0.352. The van der Waals surface area contributed by atoms with Crippen LogP contribution in [0.4, 0.5) is 0 Å². The number of H-pyrrole nitrogens is 1. The van der Waals surface area contributed by atoms with Gasteiger partial charge in [0.05, 0.1) is 26.5 Å². The third-order valence-corrected chi connectivity index (χ3v) is 3.41. The lowest BCUT2D eigenvalue weighted by Crippen LogP contribution is -2.06. The number of ether oxygens (including phenoxy) is 2. The van der Waals surface area contributed by atoms with Crippen molar-refractivity contribution in [2.45, 2.75) is 13.5 Å². The highest BCUT2D eigenvalue weighted by atomic mass is 16.5. The molecule has 0 saturated carbocycles. The third kappa shape index (κ3) is 2.67. The quantitative estimate of drug-likeness (QED) is 0.735. The summed E-state index contributed by atoms with van der Waals surface area (Å²) >= 11 is 0. The summed E-state index contributed by atoms with van der Waals surface area (Å²) in [6, 6.07) is 9.55. The molecule has 2 aromatic heterocycles. The van der Waals surface area contributed by atoms with E-state index < -0.39 is 0 Å². The highest BCUT2D eigenvalue weighted by Gasteiger charge is 2.13. The fourth-order valence-electron chi connectivity index (χ4n) is 2.30. The first-order valence-corrected chi connectivity index (χ1v) is 7.06. The molecule has 0 aliphatic carbocycles. The van der Waals surface area contributed by atoms with Crippen molar-refractivity contribution in [3.8, 4) is 5.75 Å². The summed E-state index contributed by atoms with van der Waals surface area (Å²) in [5.41, 5.74) is 2.34. The smallest absolute Gasteiger partial charge is 0.354 e. The molecule has 1 aromatic carbocycles. The number of hydrogen-bond donors (Lipinski definition) is 1. The lowest BCUT2D eigenvalue weighted by atomic mass is 10.2. The number of fused-ring (bicyclic) bond motifs is 1. The first-order valence-electron chi connectivity index (χ1n) is 7.06. The molecule has 3 aromatic rings. The van der Waals surface area contributed by atoms with Gasteiger partial charge in [0, 0.05) is 5.39 Å². The van der Waals surface area contributed by atoms with Crippen molar-refractivity contribution in [3.05, 3.63) is 47.8 Å². The second-order valence-electron chi connectivity index (χ2n) is 4.86. The number of aromatic amines is 1. The zero-order chi connectivity index (χ0) is 15.5. The van der Waals surface area contributed by atoms with E-state index in [1.54, 1.807) is 26.3 Å². The van der Waals surface area contributed by atoms with Crippen LogP contribution < -0.4 is 4.74 Å². The molecule has 0 radical (unpaired) electrons. The molecule has 0 aliphatic heterocycles. The summed E-state index contributed by atoms with van der Waals surface area (Å²) in [4.78, 5) is 14.8. The fraction of sp³-hybridized carbons (Fsp3) is 0.250. The number of methoxy groups -OCH3 is 1. The number of carbonyl (C=O) groups excluding carboxylic acids is 1. The summed E-state index contributed by atoms with van der Waals surface area (Å²) in [5, 5.41) is 5.23. The number of nitrogens with one attached hydrogen (secondary N) is 1. The van der Waals surface area contributed by atoms with E-state index >= 15 is 0 Å². The molecule has 0 fully saturated rings. The Kier molecular flexibility index (Phi) is 3.82. The predicted octanol–water partition coefficient (Wildman–Crippen LogP) is 2.60. The third-order valence-electron chi connectivity index (χ3n) is 3.41. The number of nitrogens with zero attached hydrogens (tertiary/aromatic N) is 2. The molecule has 6 heteroatoms. The molecule has 2 heterocycles. The van der Waals surface area contributed by atoms with Crippen LogP contribution in [0.2, 0.25) is 0 Å². The summed E-state index contributed by atoms with van der Waals surface area (Å²) in [5.74, 6) is 0.466. The van der Waals surface area contributed by atoms with Crippen LogP contribution in [-0.2, 0) is 11.3 Å². The van der Waals surface area contributed by atoms with Crippen molar-refractivity contribution in [2.75, 3.05) is 13.7 Å². The van der Waals surface area contributed by atoms with E-state index in [-0.39, 0.29) is 5.97 Å². The van der Waals surface area contributed by atoms with Crippen LogP contribution in [0.15, 0.2) is 36.5 Å². The second kappa shape index (κ2) is 5.93. The number of aromatic nitrogens is 3. The maximum absolute atomic E-state index is 11.8. The number of esters is 1. The zero-order valence-electron chi connectivity index (χ0n) is 12.5. The van der Waals surface area contributed by atoms with E-state index in [2.05, 4.69) is 10.1 Å². The Morgan fingerprint density at radius 1 is 1.32 bits per heavy atom. The van der Waals surface area contributed by atoms with Gasteiger partial charge in [0.2, 0.25) is 0 Å². The van der Waals surface area contributed by atoms with Crippen LogP contribution in [0.25, 0.3) is 11.0 Å². The minimum absolute atomic E-state index is 0.352. The van der Waals surface area contributed by atoms with Crippen LogP contribution >= 0.6 is 0 Å². The van der Waals surface area contributed by atoms with Crippen molar-refractivity contribution in [1.82, 2.24) is 14.8 Å². The molecule has 0 unspecified atom stereocenters. The fourth-order valence-corrected chi connectivity index (χ4v) is 2.30. The van der Waals surface area contributed by atoms with Gasteiger partial charge in [-0.25, -0.2) is 9.48 Å². The average molecular weight is 299 g/mol. The Labute approximate surface area is 127 Å². The van der Waals surface area contributed by atoms with Gasteiger partial charge >= 0.3 is 5.97 Å². The van der Waals surface area contributed by atoms with E-state index in [1.165, 1.54) is 0 Å². The molecule has 3 rings (SSSR count). The van der Waals surface area contributed by atoms with Gasteiger partial charge in [0.1, 0.15) is 17.1 Å². The molecule has 0 aliphatic rings. The monoisotopic (exact) mass is 299 g/mol. The Morgan fingerprint density at radius 2 is 2.09 bits per heavy atom. The van der Waals surface area contributed by atoms with Crippen LogP contribution in [0.3, 0.4) is 0 Å². The number of hydrogen-bond acceptors (Lipinski definition) is 4. The Bertz CT molecular complexity index is 787. The van der Waals surface area contributed by atoms with Crippen molar-refractivity contribution in [1.29, 1.82) is 0 Å². The molecule has 0 amide bonds. The van der Waals surface area contributed by atoms with Crippen molar-refractivity contribution >= 4 is 17.0 Å². The molecular weight excluding hydrogens is 282 g/mol. The Hall–Kier alpha value is -2.76. The molecule has 1 N–H and O–H groups in total. The lowest BCUT2D eigenvalue weighted by molar-refractivity contribution is 0.0520. The van der Waals surface area contributed by atoms with Gasteiger partial charge in [0.15, 0.2) is 0 Å². The van der Waals surface area contributed by atoms with Gasteiger partial charge in [-0.3, -0.25) is 0 Å². The number of rotatable bonds is 5. The van der Waals surface area contributed by atoms with Crippen molar-refractivity contribution in [3.63, 3.8) is 0 Å². The van der Waals surface area contributed by atoms with Crippen LogP contribution in [0.5, 0.6) is 5.75 Å². The lowest BCUT2D eigenvalue weighted by Gasteiger charge is -2.04. The molecule has 0 saturated heterocycles. The summed E-state index contributed by atoms with van der Waals surface area (Å²) in [7, 11) is 1.64. The van der Waals surface area contributed by atoms with E-state index in [1.807, 2.05) is 28.9 Å². The zero-order valence-corrected chi connectivity index (χ0v) is 12.5. The largest absolute Gasteiger partial charge is 0.497 e. The summed E-state index contributed by atoms with van der Waals surface area (Å²) < 4.78 is 12.0. The molecule has 22 heavy (non-hydrogen) atoms. The Morgan fingerprint density at radius 3 is 2.77 bits per heavy atom. The maximum Gasteiger partial charge on any atom is 0.354 e. The van der Waals surface area contributed by atoms with Crippen molar-refractivity contribution < 1.29 is 14.3 Å². The van der Waals surface area contributed by atoms with E-state index in [9.17, 15) is 4.79 Å². The van der Waals surface area contributed by atoms with E-state index in [0.717, 1.165) is 22.3 Å². The van der Waals surface area contributed by atoms with Gasteiger partial charge in [-0.1, -0.05) is 12.1 Å². The van der Waals surface area contributed by atoms with E-state index in [4.69, 9.17) is 9.47 Å². The standard InChI is InChI=1S/C16H17N3O3/c1-3-22-16(20)14-8-12-9-17-19(15(12)18-14)10-11-4-6-13(21-2)7-5-11/h4-9,18H,3,10H2,1-2H3. The van der Waals surface area contributed by atoms with Gasteiger partial charge < -0.3 is 14.5 Å². The molecule has 0 bridgehead atoms. The number of benzene rings is 1. The van der Waals surface area contributed by atoms with E-state index in [0.29, 0.717) is 18.8 Å². The van der Waals surface area contributed by atoms with Gasteiger partial charge in [0.25, 0.3) is 0 Å². The molecule has 114 valence electrons. The predicted molar refractivity (Wildman–Crippen MR) is 82.1 cm³/mol. The van der Waals surface area contributed by atoms with Crippen LogP contribution in [0.1, 0.15) is 23.0 Å². The molecule has 0 atom stereocenters. The molecular formula is C16H17N3O3. The average Bonchev–Trinajstić information content (AvgIpc) is 3.10. The Balaban J connectivity index is 1.85. The maximum atomic E-state index is 11.8. The number of carbonyl (C=O) groups is 1. The first kappa shape index (κ1) is 14.2. The molecule has 0 spiro atoms. The summed E-state index contributed by atoms with van der Waals surface area (Å²) in [6.07, 6.45) is 1.73. The molecule has 6 nitrogen and oxygen atoms in total. The normalized spacial score (nSPS) is 10.8. The summed E-state index contributed by atoms with van der Waals surface area (Å²) in [6.45, 7) is 2.74. The first-order chi connectivity index (χ1) is 10.7. The van der Waals surface area contributed by atoms with Crippen molar-refractivity contribution in [2.24, 2.45) is 0 Å². The van der Waals surface area contributed by atoms with Crippen LogP contribution in [0, 0.1) is 0 Å². The second-order valence-corrected chi connectivity index (χ2v) is 4.86. The topological polar surface area (TPSA) is 69.1 Å². The van der Waals surface area contributed by atoms with Gasteiger partial charge in [-0.15, -0.1) is 0 Å². The highest BCUT2D eigenvalue weighted by Crippen LogP contribution is 2.18. The minimum Gasteiger partial charge on any atom is -0.497 e. The van der Waals surface area contributed by atoms with Gasteiger partial charge in [-0.2, -0.15) is 5.10 Å². The SMILES string of the molecule is CCOC(=O)c1cc2cnn(Cc3ccc(OC)cc3)c2[nH]1. The van der Waals surface area contributed by atoms with Gasteiger partial charge in [-0.05, 0) is 30.7 Å².